The molecule has 41 heavy (non-hydrogen) atoms. The molecule has 0 aliphatic carbocycles. The van der Waals surface area contributed by atoms with Crippen molar-refractivity contribution in [3.05, 3.63) is 117 Å². The second kappa shape index (κ2) is 12.0. The summed E-state index contributed by atoms with van der Waals surface area (Å²) >= 11 is 1.77. The third-order valence-electron chi connectivity index (χ3n) is 8.31. The van der Waals surface area contributed by atoms with Crippen LogP contribution in [0.3, 0.4) is 0 Å². The number of thiophene rings is 1. The minimum absolute atomic E-state index is 0.0127. The topological polar surface area (TPSA) is 40.6 Å². The van der Waals surface area contributed by atoms with Crippen LogP contribution in [0, 0.1) is 0 Å². The van der Waals surface area contributed by atoms with Crippen LogP contribution in [0.4, 0.5) is 0 Å². The largest absolute Gasteiger partial charge is 0.330 e. The van der Waals surface area contributed by atoms with Crippen LogP contribution in [0.2, 0.25) is 0 Å². The molecule has 1 aromatic heterocycles. The molecule has 5 rings (SSSR count). The third-order valence-corrected chi connectivity index (χ3v) is 9.30. The van der Waals surface area contributed by atoms with Crippen molar-refractivity contribution in [2.75, 3.05) is 13.1 Å². The number of nitrogens with zero attached hydrogens (tertiary/aromatic N) is 2. The number of hydrogen-bond donors (Lipinski definition) is 0. The van der Waals surface area contributed by atoms with Crippen LogP contribution in [-0.4, -0.2) is 40.7 Å². The zero-order valence-electron chi connectivity index (χ0n) is 24.8. The van der Waals surface area contributed by atoms with Gasteiger partial charge in [0.25, 0.3) is 5.91 Å². The lowest BCUT2D eigenvalue weighted by molar-refractivity contribution is -0.134. The summed E-state index contributed by atoms with van der Waals surface area (Å²) in [5.41, 5.74) is 6.43. The van der Waals surface area contributed by atoms with E-state index in [4.69, 9.17) is 0 Å². The summed E-state index contributed by atoms with van der Waals surface area (Å²) in [5, 5.41) is 2.13. The summed E-state index contributed by atoms with van der Waals surface area (Å²) in [4.78, 5) is 33.0. The van der Waals surface area contributed by atoms with Crippen LogP contribution < -0.4 is 0 Å². The molecule has 2 unspecified atom stereocenters. The number of benzene rings is 3. The van der Waals surface area contributed by atoms with E-state index in [1.165, 1.54) is 16.0 Å². The minimum atomic E-state index is -0.148. The third kappa shape index (κ3) is 6.15. The maximum atomic E-state index is 14.1. The lowest BCUT2D eigenvalue weighted by atomic mass is 9.85. The Morgan fingerprint density at radius 1 is 0.927 bits per heavy atom. The van der Waals surface area contributed by atoms with Crippen molar-refractivity contribution in [1.29, 1.82) is 0 Å². The average molecular weight is 565 g/mol. The minimum Gasteiger partial charge on any atom is -0.330 e. The molecule has 0 saturated heterocycles. The molecule has 1 aliphatic rings. The fraction of sp³-hybridized carbons (Fsp3) is 0.333. The first-order valence-corrected chi connectivity index (χ1v) is 15.5. The van der Waals surface area contributed by atoms with Crippen molar-refractivity contribution in [2.24, 2.45) is 0 Å². The summed E-state index contributed by atoms with van der Waals surface area (Å²) in [6, 6.07) is 28.5. The Bertz CT molecular complexity index is 1480. The second-order valence-corrected chi connectivity index (χ2v) is 13.0. The van der Waals surface area contributed by atoms with Crippen LogP contribution >= 0.6 is 11.3 Å². The Balaban J connectivity index is 1.40. The lowest BCUT2D eigenvalue weighted by Crippen LogP contribution is -2.49. The zero-order chi connectivity index (χ0) is 29.1. The zero-order valence-corrected chi connectivity index (χ0v) is 25.6. The summed E-state index contributed by atoms with van der Waals surface area (Å²) in [6.45, 7) is 11.4. The highest BCUT2D eigenvalue weighted by molar-refractivity contribution is 7.10. The molecule has 5 heteroatoms. The van der Waals surface area contributed by atoms with Crippen LogP contribution in [0.1, 0.15) is 79.0 Å². The van der Waals surface area contributed by atoms with Gasteiger partial charge in [-0.25, -0.2) is 0 Å². The van der Waals surface area contributed by atoms with Crippen molar-refractivity contribution >= 4 is 23.2 Å². The molecule has 3 aromatic carbocycles. The highest BCUT2D eigenvalue weighted by atomic mass is 32.1. The predicted octanol–water partition coefficient (Wildman–Crippen LogP) is 8.13. The van der Waals surface area contributed by atoms with Crippen molar-refractivity contribution in [3.8, 4) is 11.1 Å². The molecule has 2 atom stereocenters. The highest BCUT2D eigenvalue weighted by Crippen LogP contribution is 2.38. The van der Waals surface area contributed by atoms with E-state index in [0.717, 1.165) is 29.5 Å². The molecule has 2 heterocycles. The summed E-state index contributed by atoms with van der Waals surface area (Å²) < 4.78 is 0. The Morgan fingerprint density at radius 2 is 1.59 bits per heavy atom. The van der Waals surface area contributed by atoms with Gasteiger partial charge in [0.15, 0.2) is 0 Å². The van der Waals surface area contributed by atoms with Crippen LogP contribution in [0.15, 0.2) is 90.3 Å². The molecule has 0 N–H and O–H groups in total. The number of hydrogen-bond acceptors (Lipinski definition) is 3. The quantitative estimate of drug-likeness (QED) is 0.227. The molecule has 0 fully saturated rings. The molecule has 4 aromatic rings. The maximum absolute atomic E-state index is 14.1. The molecule has 0 radical (unpaired) electrons. The van der Waals surface area contributed by atoms with E-state index in [9.17, 15) is 9.59 Å². The van der Waals surface area contributed by atoms with Gasteiger partial charge in [0, 0.05) is 23.0 Å². The number of amides is 2. The number of carbonyl (C=O) groups is 2. The summed E-state index contributed by atoms with van der Waals surface area (Å²) in [7, 11) is 0. The van der Waals surface area contributed by atoms with E-state index in [1.807, 2.05) is 54.3 Å². The van der Waals surface area contributed by atoms with Crippen molar-refractivity contribution in [3.63, 3.8) is 0 Å². The van der Waals surface area contributed by atoms with Gasteiger partial charge < -0.3 is 9.80 Å². The molecular formula is C36H40N2O2S. The van der Waals surface area contributed by atoms with Gasteiger partial charge in [-0.3, -0.25) is 9.59 Å². The van der Waals surface area contributed by atoms with Crippen molar-refractivity contribution < 1.29 is 9.59 Å². The number of carbonyl (C=O) groups excluding carboxylic acids is 2. The molecular weight excluding hydrogens is 524 g/mol. The molecule has 0 saturated carbocycles. The van der Waals surface area contributed by atoms with Gasteiger partial charge in [0.2, 0.25) is 5.91 Å². The summed E-state index contributed by atoms with van der Waals surface area (Å²) in [6.07, 6.45) is 1.61. The van der Waals surface area contributed by atoms with E-state index in [-0.39, 0.29) is 35.9 Å². The number of rotatable bonds is 7. The van der Waals surface area contributed by atoms with Crippen molar-refractivity contribution in [1.82, 2.24) is 9.80 Å². The Kier molecular flexibility index (Phi) is 8.46. The molecule has 0 bridgehead atoms. The summed E-state index contributed by atoms with van der Waals surface area (Å²) in [5.74, 6) is -0.118. The van der Waals surface area contributed by atoms with Crippen LogP contribution in [-0.2, 0) is 16.6 Å². The van der Waals surface area contributed by atoms with Gasteiger partial charge in [-0.15, -0.1) is 11.3 Å². The monoisotopic (exact) mass is 564 g/mol. The Hall–Kier alpha value is -3.70. The van der Waals surface area contributed by atoms with E-state index in [0.29, 0.717) is 12.1 Å². The van der Waals surface area contributed by atoms with Crippen molar-refractivity contribution in [2.45, 2.75) is 65.0 Å². The molecule has 0 spiro atoms. The smallest absolute Gasteiger partial charge is 0.254 e. The first-order valence-electron chi connectivity index (χ1n) is 14.6. The van der Waals surface area contributed by atoms with Gasteiger partial charge in [0.05, 0.1) is 6.04 Å². The predicted molar refractivity (Wildman–Crippen MR) is 169 cm³/mol. The average Bonchev–Trinajstić information content (AvgIpc) is 3.48. The van der Waals surface area contributed by atoms with E-state index in [2.05, 4.69) is 75.5 Å². The van der Waals surface area contributed by atoms with E-state index in [1.54, 1.807) is 16.2 Å². The van der Waals surface area contributed by atoms with Crippen LogP contribution in [0.5, 0.6) is 0 Å². The van der Waals surface area contributed by atoms with Crippen LogP contribution in [0.25, 0.3) is 11.1 Å². The fourth-order valence-corrected chi connectivity index (χ4v) is 6.50. The first kappa shape index (κ1) is 28.8. The Labute approximate surface area is 248 Å². The standard InChI is InChI=1S/C36H40N2O2S/c1-6-25(2)38(35(40)29-14-12-27(13-15-29)26-10-8-7-9-11-26)24-33(39)37-22-20-32-31(21-23-41-32)34(37)28-16-18-30(19-17-28)36(3,4)5/h7-19,21,23,25,34H,6,20,22,24H2,1-5H3. The van der Waals surface area contributed by atoms with Gasteiger partial charge in [-0.2, -0.15) is 0 Å². The molecule has 4 nitrogen and oxygen atoms in total. The molecule has 212 valence electrons. The number of fused-ring (bicyclic) bond motifs is 1. The van der Waals surface area contributed by atoms with E-state index < -0.39 is 0 Å². The van der Waals surface area contributed by atoms with Gasteiger partial charge in [-0.1, -0.05) is 94.4 Å². The van der Waals surface area contributed by atoms with Gasteiger partial charge >= 0.3 is 0 Å². The van der Waals surface area contributed by atoms with Gasteiger partial charge in [-0.05, 0) is 76.6 Å². The normalized spacial score (nSPS) is 15.7. The Morgan fingerprint density at radius 3 is 2.22 bits per heavy atom. The maximum Gasteiger partial charge on any atom is 0.254 e. The van der Waals surface area contributed by atoms with E-state index >= 15 is 0 Å². The van der Waals surface area contributed by atoms with Gasteiger partial charge in [0.1, 0.15) is 6.54 Å². The lowest BCUT2D eigenvalue weighted by Gasteiger charge is -2.38. The molecule has 1 aliphatic heterocycles. The second-order valence-electron chi connectivity index (χ2n) is 12.0. The fourth-order valence-electron chi connectivity index (χ4n) is 5.60. The SMILES string of the molecule is CCC(C)N(CC(=O)N1CCc2sccc2C1c1ccc(C(C)(C)C)cc1)C(=O)c1ccc(-c2ccccc2)cc1. The first-order chi connectivity index (χ1) is 19.7. The highest BCUT2D eigenvalue weighted by Gasteiger charge is 2.35. The molecule has 2 amide bonds.